The summed E-state index contributed by atoms with van der Waals surface area (Å²) < 4.78 is 39.3. The van der Waals surface area contributed by atoms with Crippen LogP contribution in [0.3, 0.4) is 0 Å². The number of piperidine rings is 1. The van der Waals surface area contributed by atoms with Gasteiger partial charge in [-0.05, 0) is 30.9 Å². The lowest BCUT2D eigenvalue weighted by molar-refractivity contribution is -0.138. The van der Waals surface area contributed by atoms with Gasteiger partial charge in [0, 0.05) is 25.2 Å². The van der Waals surface area contributed by atoms with E-state index in [1.54, 1.807) is 12.1 Å². The van der Waals surface area contributed by atoms with Crippen LogP contribution in [0.15, 0.2) is 24.3 Å². The lowest BCUT2D eigenvalue weighted by Crippen LogP contribution is -2.47. The van der Waals surface area contributed by atoms with Gasteiger partial charge >= 0.3 is 6.18 Å². The molecule has 0 aliphatic carbocycles. The molecule has 0 amide bonds. The second kappa shape index (κ2) is 5.74. The van der Waals surface area contributed by atoms with Gasteiger partial charge in [0.1, 0.15) is 0 Å². The molecule has 1 fully saturated rings. The summed E-state index contributed by atoms with van der Waals surface area (Å²) in [4.78, 5) is 2.06. The first-order chi connectivity index (χ1) is 9.29. The van der Waals surface area contributed by atoms with Gasteiger partial charge in [0.15, 0.2) is 0 Å². The fourth-order valence-electron chi connectivity index (χ4n) is 3.07. The Labute approximate surface area is 117 Å². The van der Waals surface area contributed by atoms with E-state index in [0.29, 0.717) is 18.0 Å². The average molecular weight is 286 g/mol. The summed E-state index contributed by atoms with van der Waals surface area (Å²) in [6, 6.07) is 5.58. The highest BCUT2D eigenvalue weighted by Gasteiger charge is 2.36. The summed E-state index contributed by atoms with van der Waals surface area (Å²) >= 11 is 0. The first-order valence-corrected chi connectivity index (χ1v) is 6.94. The topological polar surface area (TPSA) is 29.3 Å². The van der Waals surface area contributed by atoms with Gasteiger partial charge in [-0.25, -0.2) is 0 Å². The molecule has 2 N–H and O–H groups in total. The minimum atomic E-state index is -4.31. The van der Waals surface area contributed by atoms with E-state index in [0.717, 1.165) is 19.0 Å². The van der Waals surface area contributed by atoms with Crippen LogP contribution in [-0.4, -0.2) is 24.0 Å². The highest BCUT2D eigenvalue weighted by Crippen LogP contribution is 2.37. The zero-order chi connectivity index (χ0) is 14.9. The lowest BCUT2D eigenvalue weighted by atomic mass is 9.92. The van der Waals surface area contributed by atoms with Crippen LogP contribution >= 0.6 is 0 Å². The van der Waals surface area contributed by atoms with Crippen LogP contribution in [0.2, 0.25) is 0 Å². The third kappa shape index (κ3) is 3.33. The molecule has 1 saturated heterocycles. The molecule has 1 aliphatic rings. The second-order valence-corrected chi connectivity index (χ2v) is 5.82. The van der Waals surface area contributed by atoms with Crippen LogP contribution in [0.4, 0.5) is 13.2 Å². The predicted octanol–water partition coefficient (Wildman–Crippen LogP) is 3.44. The summed E-state index contributed by atoms with van der Waals surface area (Å²) in [6.45, 7) is 5.36. The molecule has 2 nitrogen and oxygen atoms in total. The van der Waals surface area contributed by atoms with Crippen molar-refractivity contribution in [2.75, 3.05) is 13.1 Å². The first-order valence-electron chi connectivity index (χ1n) is 6.94. The van der Waals surface area contributed by atoms with Crippen molar-refractivity contribution in [1.82, 2.24) is 4.90 Å². The number of benzene rings is 1. The molecule has 0 saturated carbocycles. The van der Waals surface area contributed by atoms with E-state index in [4.69, 9.17) is 5.73 Å². The van der Waals surface area contributed by atoms with Crippen molar-refractivity contribution < 1.29 is 13.2 Å². The molecule has 20 heavy (non-hydrogen) atoms. The van der Waals surface area contributed by atoms with Crippen LogP contribution in [0.1, 0.15) is 37.4 Å². The Balaban J connectivity index is 2.27. The molecular formula is C15H21F3N2. The molecule has 1 aromatic carbocycles. The highest BCUT2D eigenvalue weighted by molar-refractivity contribution is 5.32. The standard InChI is InChI=1S/C15H21F3N2/c1-10-7-12(19)9-20(8-10)11(2)13-5-3-4-6-14(13)15(16,17)18/h3-6,10-12H,7-9,19H2,1-2H3. The molecule has 0 bridgehead atoms. The van der Waals surface area contributed by atoms with Gasteiger partial charge in [-0.2, -0.15) is 13.2 Å². The lowest BCUT2D eigenvalue weighted by Gasteiger charge is -2.39. The Kier molecular flexibility index (Phi) is 4.39. The van der Waals surface area contributed by atoms with Crippen LogP contribution in [0.25, 0.3) is 0 Å². The fraction of sp³-hybridized carbons (Fsp3) is 0.600. The Morgan fingerprint density at radius 3 is 2.50 bits per heavy atom. The molecule has 3 atom stereocenters. The van der Waals surface area contributed by atoms with Gasteiger partial charge in [0.25, 0.3) is 0 Å². The minimum absolute atomic E-state index is 0.0410. The number of rotatable bonds is 2. The van der Waals surface area contributed by atoms with Gasteiger partial charge in [0.2, 0.25) is 0 Å². The maximum Gasteiger partial charge on any atom is 0.416 e. The van der Waals surface area contributed by atoms with E-state index >= 15 is 0 Å². The minimum Gasteiger partial charge on any atom is -0.327 e. The van der Waals surface area contributed by atoms with Gasteiger partial charge in [-0.3, -0.25) is 4.90 Å². The Hall–Kier alpha value is -1.07. The number of hydrogen-bond acceptors (Lipinski definition) is 2. The molecule has 1 heterocycles. The van der Waals surface area contributed by atoms with Gasteiger partial charge < -0.3 is 5.73 Å². The number of likely N-dealkylation sites (tertiary alicyclic amines) is 1. The van der Waals surface area contributed by atoms with E-state index in [2.05, 4.69) is 11.8 Å². The zero-order valence-electron chi connectivity index (χ0n) is 11.8. The summed E-state index contributed by atoms with van der Waals surface area (Å²) in [5.41, 5.74) is 5.78. The van der Waals surface area contributed by atoms with Gasteiger partial charge in [-0.15, -0.1) is 0 Å². The number of halogens is 3. The highest BCUT2D eigenvalue weighted by atomic mass is 19.4. The van der Waals surface area contributed by atoms with E-state index in [1.807, 2.05) is 6.92 Å². The first kappa shape index (κ1) is 15.3. The van der Waals surface area contributed by atoms with Crippen molar-refractivity contribution >= 4 is 0 Å². The van der Waals surface area contributed by atoms with Gasteiger partial charge in [-0.1, -0.05) is 25.1 Å². The van der Waals surface area contributed by atoms with Crippen molar-refractivity contribution in [3.63, 3.8) is 0 Å². The summed E-state index contributed by atoms with van der Waals surface area (Å²) in [5, 5.41) is 0. The normalized spacial score (nSPS) is 26.5. The van der Waals surface area contributed by atoms with E-state index in [1.165, 1.54) is 6.07 Å². The molecule has 0 aromatic heterocycles. The third-order valence-corrected chi connectivity index (χ3v) is 3.98. The van der Waals surface area contributed by atoms with Crippen LogP contribution in [-0.2, 0) is 6.18 Å². The van der Waals surface area contributed by atoms with Crippen molar-refractivity contribution in [1.29, 1.82) is 0 Å². The van der Waals surface area contributed by atoms with Crippen molar-refractivity contribution in [3.05, 3.63) is 35.4 Å². The molecule has 1 aromatic rings. The summed E-state index contributed by atoms with van der Waals surface area (Å²) in [5.74, 6) is 0.416. The Bertz CT molecular complexity index is 449. The molecule has 0 radical (unpaired) electrons. The summed E-state index contributed by atoms with van der Waals surface area (Å²) in [7, 11) is 0. The predicted molar refractivity (Wildman–Crippen MR) is 73.2 cm³/mol. The molecule has 3 unspecified atom stereocenters. The van der Waals surface area contributed by atoms with Crippen molar-refractivity contribution in [2.45, 2.75) is 38.5 Å². The fourth-order valence-corrected chi connectivity index (χ4v) is 3.07. The molecule has 5 heteroatoms. The summed E-state index contributed by atoms with van der Waals surface area (Å²) in [6.07, 6.45) is -3.38. The maximum atomic E-state index is 13.1. The Morgan fingerprint density at radius 2 is 1.90 bits per heavy atom. The van der Waals surface area contributed by atoms with Crippen molar-refractivity contribution in [3.8, 4) is 0 Å². The largest absolute Gasteiger partial charge is 0.416 e. The number of hydrogen-bond donors (Lipinski definition) is 1. The second-order valence-electron chi connectivity index (χ2n) is 5.82. The zero-order valence-corrected chi connectivity index (χ0v) is 11.8. The van der Waals surface area contributed by atoms with E-state index in [-0.39, 0.29) is 12.1 Å². The molecule has 1 aliphatic heterocycles. The molecule has 0 spiro atoms. The van der Waals surface area contributed by atoms with Crippen LogP contribution in [0, 0.1) is 5.92 Å². The quantitative estimate of drug-likeness (QED) is 0.902. The smallest absolute Gasteiger partial charge is 0.327 e. The van der Waals surface area contributed by atoms with Gasteiger partial charge in [0.05, 0.1) is 5.56 Å². The average Bonchev–Trinajstić information content (AvgIpc) is 2.35. The van der Waals surface area contributed by atoms with E-state index < -0.39 is 11.7 Å². The van der Waals surface area contributed by atoms with E-state index in [9.17, 15) is 13.2 Å². The molecular weight excluding hydrogens is 265 g/mol. The molecule has 112 valence electrons. The monoisotopic (exact) mass is 286 g/mol. The number of nitrogens with zero attached hydrogens (tertiary/aromatic N) is 1. The van der Waals surface area contributed by atoms with Crippen LogP contribution in [0.5, 0.6) is 0 Å². The SMILES string of the molecule is CC1CC(N)CN(C(C)c2ccccc2C(F)(F)F)C1. The molecule has 2 rings (SSSR count). The van der Waals surface area contributed by atoms with Crippen LogP contribution < -0.4 is 5.73 Å². The number of nitrogens with two attached hydrogens (primary N) is 1. The van der Waals surface area contributed by atoms with Crippen molar-refractivity contribution in [2.24, 2.45) is 11.7 Å². The maximum absolute atomic E-state index is 13.1. The third-order valence-electron chi connectivity index (χ3n) is 3.98. The Morgan fingerprint density at radius 1 is 1.25 bits per heavy atom. The number of alkyl halides is 3.